The van der Waals surface area contributed by atoms with E-state index in [0.717, 1.165) is 19.5 Å². The molecule has 2 heteroatoms. The summed E-state index contributed by atoms with van der Waals surface area (Å²) in [5.41, 5.74) is 3.13. The number of carbonyl (C=O) groups is 1. The van der Waals surface area contributed by atoms with E-state index in [1.165, 1.54) is 11.1 Å². The van der Waals surface area contributed by atoms with E-state index >= 15 is 0 Å². The first-order valence-corrected chi connectivity index (χ1v) is 4.65. The maximum absolute atomic E-state index is 11.2. The van der Waals surface area contributed by atoms with E-state index in [1.54, 1.807) is 0 Å². The molecule has 0 aromatic heterocycles. The van der Waals surface area contributed by atoms with E-state index in [1.807, 2.05) is 18.2 Å². The van der Waals surface area contributed by atoms with Crippen molar-refractivity contribution in [2.45, 2.75) is 13.0 Å². The third-order valence-corrected chi connectivity index (χ3v) is 2.49. The third-order valence-electron chi connectivity index (χ3n) is 2.49. The molecule has 0 atom stereocenters. The topological polar surface area (TPSA) is 29.1 Å². The molecular weight excluding hydrogens is 174 g/mol. The van der Waals surface area contributed by atoms with Crippen LogP contribution in [0.15, 0.2) is 18.2 Å². The molecule has 14 heavy (non-hydrogen) atoms. The number of ketones is 1. The number of nitrogens with one attached hydrogen (secondary N) is 1. The zero-order chi connectivity index (χ0) is 9.97. The SMILES string of the molecule is C#CC(=O)c1ccc2c(c1)CNCC2. The number of hydrogen-bond acceptors (Lipinski definition) is 2. The van der Waals surface area contributed by atoms with Crippen LogP contribution in [0.1, 0.15) is 21.5 Å². The van der Waals surface area contributed by atoms with E-state index in [0.29, 0.717) is 5.56 Å². The number of fused-ring (bicyclic) bond motifs is 1. The van der Waals surface area contributed by atoms with Gasteiger partial charge >= 0.3 is 0 Å². The van der Waals surface area contributed by atoms with E-state index in [2.05, 4.69) is 11.2 Å². The predicted molar refractivity (Wildman–Crippen MR) is 55.0 cm³/mol. The van der Waals surface area contributed by atoms with Crippen molar-refractivity contribution >= 4 is 5.78 Å². The summed E-state index contributed by atoms with van der Waals surface area (Å²) in [7, 11) is 0. The minimum Gasteiger partial charge on any atom is -0.312 e. The molecule has 0 fully saturated rings. The highest BCUT2D eigenvalue weighted by atomic mass is 16.1. The van der Waals surface area contributed by atoms with Crippen molar-refractivity contribution in [3.63, 3.8) is 0 Å². The summed E-state index contributed by atoms with van der Waals surface area (Å²) in [4.78, 5) is 11.2. The highest BCUT2D eigenvalue weighted by molar-refractivity contribution is 6.08. The van der Waals surface area contributed by atoms with Crippen molar-refractivity contribution in [3.8, 4) is 12.3 Å². The van der Waals surface area contributed by atoms with Crippen LogP contribution in [-0.2, 0) is 13.0 Å². The number of terminal acetylenes is 1. The molecule has 0 bridgehead atoms. The van der Waals surface area contributed by atoms with Gasteiger partial charge in [0.1, 0.15) is 0 Å². The maximum Gasteiger partial charge on any atom is 0.235 e. The Hall–Kier alpha value is -1.59. The summed E-state index contributed by atoms with van der Waals surface area (Å²) in [6.45, 7) is 1.84. The van der Waals surface area contributed by atoms with Crippen molar-refractivity contribution in [2.75, 3.05) is 6.54 Å². The standard InChI is InChI=1S/C12H11NO/c1-2-12(14)10-4-3-9-5-6-13-8-11(9)7-10/h1,3-4,7,13H,5-6,8H2. The molecule has 0 saturated heterocycles. The first kappa shape index (κ1) is 8.98. The van der Waals surface area contributed by atoms with Crippen LogP contribution in [-0.4, -0.2) is 12.3 Å². The first-order chi connectivity index (χ1) is 6.81. The summed E-state index contributed by atoms with van der Waals surface area (Å²) in [5, 5.41) is 3.26. The van der Waals surface area contributed by atoms with Gasteiger partial charge in [0, 0.05) is 12.1 Å². The van der Waals surface area contributed by atoms with Crippen molar-refractivity contribution in [1.82, 2.24) is 5.32 Å². The fourth-order valence-corrected chi connectivity index (χ4v) is 1.71. The van der Waals surface area contributed by atoms with Crippen LogP contribution in [0.4, 0.5) is 0 Å². The number of rotatable bonds is 1. The maximum atomic E-state index is 11.2. The molecule has 1 aromatic rings. The number of benzene rings is 1. The molecule has 70 valence electrons. The largest absolute Gasteiger partial charge is 0.312 e. The second-order valence-corrected chi connectivity index (χ2v) is 3.38. The van der Waals surface area contributed by atoms with Gasteiger partial charge in [0.25, 0.3) is 0 Å². The molecule has 1 aliphatic rings. The van der Waals surface area contributed by atoms with Crippen LogP contribution in [0.3, 0.4) is 0 Å². The van der Waals surface area contributed by atoms with E-state index < -0.39 is 0 Å². The highest BCUT2D eigenvalue weighted by Crippen LogP contribution is 2.15. The minimum absolute atomic E-state index is 0.238. The lowest BCUT2D eigenvalue weighted by molar-refractivity contribution is 0.105. The smallest absolute Gasteiger partial charge is 0.235 e. The van der Waals surface area contributed by atoms with Crippen LogP contribution in [0.2, 0.25) is 0 Å². The van der Waals surface area contributed by atoms with Gasteiger partial charge in [-0.25, -0.2) is 0 Å². The summed E-state index contributed by atoms with van der Waals surface area (Å²) in [5.74, 6) is 1.89. The van der Waals surface area contributed by atoms with Crippen molar-refractivity contribution in [1.29, 1.82) is 0 Å². The van der Waals surface area contributed by atoms with Gasteiger partial charge in [-0.05, 0) is 36.1 Å². The van der Waals surface area contributed by atoms with E-state index in [9.17, 15) is 4.79 Å². The molecule has 0 aliphatic carbocycles. The molecule has 0 radical (unpaired) electrons. The molecule has 2 rings (SSSR count). The average molecular weight is 185 g/mol. The lowest BCUT2D eigenvalue weighted by Gasteiger charge is -2.17. The van der Waals surface area contributed by atoms with Crippen molar-refractivity contribution in [3.05, 3.63) is 34.9 Å². The van der Waals surface area contributed by atoms with Gasteiger partial charge in [-0.15, -0.1) is 6.42 Å². The molecule has 1 aromatic carbocycles. The molecule has 1 N–H and O–H groups in total. The Kier molecular flexibility index (Phi) is 2.34. The van der Waals surface area contributed by atoms with E-state index in [-0.39, 0.29) is 5.78 Å². The molecule has 2 nitrogen and oxygen atoms in total. The van der Waals surface area contributed by atoms with Crippen LogP contribution in [0.5, 0.6) is 0 Å². The van der Waals surface area contributed by atoms with Gasteiger partial charge in [-0.1, -0.05) is 12.1 Å². The van der Waals surface area contributed by atoms with Crippen LogP contribution in [0.25, 0.3) is 0 Å². The number of carbonyl (C=O) groups excluding carboxylic acids is 1. The molecule has 1 aliphatic heterocycles. The Morgan fingerprint density at radius 1 is 1.43 bits per heavy atom. The summed E-state index contributed by atoms with van der Waals surface area (Å²) < 4.78 is 0. The Morgan fingerprint density at radius 3 is 3.07 bits per heavy atom. The summed E-state index contributed by atoms with van der Waals surface area (Å²) in [6.07, 6.45) is 6.09. The molecule has 1 heterocycles. The van der Waals surface area contributed by atoms with Gasteiger partial charge in [0.15, 0.2) is 0 Å². The highest BCUT2D eigenvalue weighted by Gasteiger charge is 2.10. The van der Waals surface area contributed by atoms with Crippen LogP contribution in [0, 0.1) is 12.3 Å². The van der Waals surface area contributed by atoms with Gasteiger partial charge in [-0.3, -0.25) is 4.79 Å². The average Bonchev–Trinajstić information content (AvgIpc) is 2.27. The normalized spacial score (nSPS) is 14.2. The quantitative estimate of drug-likeness (QED) is 0.404. The number of hydrogen-bond donors (Lipinski definition) is 1. The summed E-state index contributed by atoms with van der Waals surface area (Å²) in [6, 6.07) is 5.71. The van der Waals surface area contributed by atoms with Gasteiger partial charge in [-0.2, -0.15) is 0 Å². The van der Waals surface area contributed by atoms with Gasteiger partial charge < -0.3 is 5.32 Å². The number of Topliss-reactive ketones (excluding diaryl/α,β-unsaturated/α-hetero) is 1. The second kappa shape index (κ2) is 3.65. The van der Waals surface area contributed by atoms with Crippen LogP contribution < -0.4 is 5.32 Å². The minimum atomic E-state index is -0.238. The zero-order valence-corrected chi connectivity index (χ0v) is 7.84. The van der Waals surface area contributed by atoms with Gasteiger partial charge in [0.05, 0.1) is 0 Å². The Labute approximate surface area is 83.3 Å². The zero-order valence-electron chi connectivity index (χ0n) is 7.84. The monoisotopic (exact) mass is 185 g/mol. The van der Waals surface area contributed by atoms with Crippen molar-refractivity contribution in [2.24, 2.45) is 0 Å². The lowest BCUT2D eigenvalue weighted by atomic mass is 9.97. The van der Waals surface area contributed by atoms with E-state index in [4.69, 9.17) is 6.42 Å². The summed E-state index contributed by atoms with van der Waals surface area (Å²) >= 11 is 0. The first-order valence-electron chi connectivity index (χ1n) is 4.65. The Balaban J connectivity index is 2.39. The molecule has 0 amide bonds. The Bertz CT molecular complexity index is 415. The Morgan fingerprint density at radius 2 is 2.29 bits per heavy atom. The fourth-order valence-electron chi connectivity index (χ4n) is 1.71. The van der Waals surface area contributed by atoms with Gasteiger partial charge in [0.2, 0.25) is 5.78 Å². The van der Waals surface area contributed by atoms with Crippen LogP contribution >= 0.6 is 0 Å². The molecule has 0 unspecified atom stereocenters. The molecule has 0 spiro atoms. The molecule has 0 saturated carbocycles. The fraction of sp³-hybridized carbons (Fsp3) is 0.250. The third kappa shape index (κ3) is 1.55. The lowest BCUT2D eigenvalue weighted by Crippen LogP contribution is -2.23. The predicted octanol–water partition coefficient (Wildman–Crippen LogP) is 1.15. The van der Waals surface area contributed by atoms with Crippen molar-refractivity contribution < 1.29 is 4.79 Å². The second-order valence-electron chi connectivity index (χ2n) is 3.38. The molecular formula is C12H11NO.